The molecule has 1 saturated carbocycles. The Morgan fingerprint density at radius 3 is 1.96 bits per heavy atom. The maximum absolute atomic E-state index is 12.5. The van der Waals surface area contributed by atoms with E-state index in [1.54, 1.807) is 24.3 Å². The zero-order valence-electron chi connectivity index (χ0n) is 15.4. The molecule has 27 heavy (non-hydrogen) atoms. The lowest BCUT2D eigenvalue weighted by molar-refractivity contribution is -0.137. The minimum absolute atomic E-state index is 0.263. The molecule has 5 nitrogen and oxygen atoms in total. The summed E-state index contributed by atoms with van der Waals surface area (Å²) in [5.41, 5.74) is -0.278. The molecular weight excluding hydrogens is 342 g/mol. The summed E-state index contributed by atoms with van der Waals surface area (Å²) in [4.78, 5) is 24.6. The van der Waals surface area contributed by atoms with Crippen LogP contribution < -0.4 is 14.8 Å². The smallest absolute Gasteiger partial charge is 0.412 e. The molecule has 1 aliphatic carbocycles. The van der Waals surface area contributed by atoms with Crippen molar-refractivity contribution in [2.75, 3.05) is 6.54 Å². The molecule has 0 atom stereocenters. The summed E-state index contributed by atoms with van der Waals surface area (Å²) >= 11 is 0. The number of ether oxygens (including phenoxy) is 2. The lowest BCUT2D eigenvalue weighted by Gasteiger charge is -2.36. The van der Waals surface area contributed by atoms with Crippen LogP contribution in [0.1, 0.15) is 38.5 Å². The molecule has 1 N–H and O–H groups in total. The molecule has 0 spiro atoms. The van der Waals surface area contributed by atoms with E-state index in [-0.39, 0.29) is 17.8 Å². The van der Waals surface area contributed by atoms with Crippen LogP contribution in [0.3, 0.4) is 0 Å². The zero-order valence-corrected chi connectivity index (χ0v) is 15.4. The van der Waals surface area contributed by atoms with Crippen LogP contribution in [0.25, 0.3) is 0 Å². The highest BCUT2D eigenvalue weighted by Crippen LogP contribution is 2.39. The van der Waals surface area contributed by atoms with E-state index in [1.165, 1.54) is 0 Å². The summed E-state index contributed by atoms with van der Waals surface area (Å²) in [6.07, 6.45) is 4.83. The second kappa shape index (κ2) is 9.21. The molecule has 0 aliphatic heterocycles. The molecule has 3 rings (SSSR count). The minimum Gasteiger partial charge on any atom is -0.427 e. The standard InChI is InChI=1S/C22H25NO4/c24-20(26-18-10-4-1-5-11-18)16-22(14-8-3-9-15-22)17-23-21(25)27-19-12-6-2-7-13-19/h1-2,4-7,10-13H,3,8-9,14-17H2,(H,23,25). The maximum atomic E-state index is 12.5. The first-order valence-corrected chi connectivity index (χ1v) is 9.42. The number of nitrogens with one attached hydrogen (secondary N) is 1. The van der Waals surface area contributed by atoms with E-state index in [2.05, 4.69) is 5.32 Å². The van der Waals surface area contributed by atoms with Crippen molar-refractivity contribution >= 4 is 12.1 Å². The third kappa shape index (κ3) is 5.84. The van der Waals surface area contributed by atoms with E-state index in [9.17, 15) is 9.59 Å². The number of carbonyl (C=O) groups excluding carboxylic acids is 2. The van der Waals surface area contributed by atoms with Crippen molar-refractivity contribution in [1.82, 2.24) is 5.32 Å². The van der Waals surface area contributed by atoms with Crippen molar-refractivity contribution in [3.8, 4) is 11.5 Å². The first-order valence-electron chi connectivity index (χ1n) is 9.42. The van der Waals surface area contributed by atoms with Gasteiger partial charge in [-0.1, -0.05) is 55.7 Å². The van der Waals surface area contributed by atoms with Gasteiger partial charge >= 0.3 is 12.1 Å². The number of rotatable bonds is 6. The van der Waals surface area contributed by atoms with E-state index in [0.29, 0.717) is 18.0 Å². The molecular formula is C22H25NO4. The Kier molecular flexibility index (Phi) is 6.47. The third-order valence-electron chi connectivity index (χ3n) is 4.97. The Hall–Kier alpha value is -2.82. The van der Waals surface area contributed by atoms with Crippen LogP contribution in [0, 0.1) is 5.41 Å². The molecule has 0 heterocycles. The fourth-order valence-electron chi connectivity index (χ4n) is 3.57. The number of esters is 1. The van der Waals surface area contributed by atoms with E-state index in [4.69, 9.17) is 9.47 Å². The summed E-state index contributed by atoms with van der Waals surface area (Å²) in [5, 5.41) is 2.84. The highest BCUT2D eigenvalue weighted by Gasteiger charge is 2.35. The SMILES string of the molecule is O=C(CC1(CNC(=O)Oc2ccccc2)CCCCC1)Oc1ccccc1. The fourth-order valence-corrected chi connectivity index (χ4v) is 3.57. The Balaban J connectivity index is 1.57. The Labute approximate surface area is 159 Å². The predicted molar refractivity (Wildman–Crippen MR) is 103 cm³/mol. The predicted octanol–water partition coefficient (Wildman–Crippen LogP) is 4.72. The van der Waals surface area contributed by atoms with Gasteiger partial charge in [-0.3, -0.25) is 4.79 Å². The maximum Gasteiger partial charge on any atom is 0.412 e. The van der Waals surface area contributed by atoms with Gasteiger partial charge in [0.05, 0.1) is 6.42 Å². The summed E-state index contributed by atoms with van der Waals surface area (Å²) < 4.78 is 10.7. The van der Waals surface area contributed by atoms with Crippen molar-refractivity contribution in [2.45, 2.75) is 38.5 Å². The highest BCUT2D eigenvalue weighted by atomic mass is 16.6. The van der Waals surface area contributed by atoms with E-state index in [0.717, 1.165) is 32.1 Å². The first kappa shape index (κ1) is 19.0. The highest BCUT2D eigenvalue weighted by molar-refractivity contribution is 5.74. The van der Waals surface area contributed by atoms with Gasteiger partial charge in [-0.05, 0) is 42.5 Å². The van der Waals surface area contributed by atoms with Crippen LogP contribution in [0.4, 0.5) is 4.79 Å². The Morgan fingerprint density at radius 1 is 0.815 bits per heavy atom. The molecule has 1 amide bonds. The Bertz CT molecular complexity index is 739. The lowest BCUT2D eigenvalue weighted by atomic mass is 9.71. The van der Waals surface area contributed by atoms with E-state index >= 15 is 0 Å². The molecule has 0 bridgehead atoms. The van der Waals surface area contributed by atoms with Crippen molar-refractivity contribution in [3.05, 3.63) is 60.7 Å². The number of para-hydroxylation sites is 2. The summed E-state index contributed by atoms with van der Waals surface area (Å²) in [5.74, 6) is 0.780. The van der Waals surface area contributed by atoms with Gasteiger partial charge in [0, 0.05) is 6.54 Å². The molecule has 1 fully saturated rings. The van der Waals surface area contributed by atoms with Crippen molar-refractivity contribution in [1.29, 1.82) is 0 Å². The van der Waals surface area contributed by atoms with E-state index in [1.807, 2.05) is 36.4 Å². The molecule has 5 heteroatoms. The fraction of sp³-hybridized carbons (Fsp3) is 0.364. The molecule has 0 radical (unpaired) electrons. The topological polar surface area (TPSA) is 64.6 Å². The molecule has 0 aromatic heterocycles. The Morgan fingerprint density at radius 2 is 1.37 bits per heavy atom. The van der Waals surface area contributed by atoms with Crippen LogP contribution in [0.15, 0.2) is 60.7 Å². The monoisotopic (exact) mass is 367 g/mol. The second-order valence-electron chi connectivity index (χ2n) is 7.08. The molecule has 0 unspecified atom stereocenters. The van der Waals surface area contributed by atoms with Gasteiger partial charge in [-0.2, -0.15) is 0 Å². The van der Waals surface area contributed by atoms with Gasteiger partial charge in [0.25, 0.3) is 0 Å². The number of benzene rings is 2. The minimum atomic E-state index is -0.498. The van der Waals surface area contributed by atoms with Crippen molar-refractivity contribution in [2.24, 2.45) is 5.41 Å². The van der Waals surface area contributed by atoms with Gasteiger partial charge in [-0.15, -0.1) is 0 Å². The third-order valence-corrected chi connectivity index (χ3v) is 4.97. The van der Waals surface area contributed by atoms with Crippen molar-refractivity contribution in [3.63, 3.8) is 0 Å². The summed E-state index contributed by atoms with van der Waals surface area (Å²) in [7, 11) is 0. The van der Waals surface area contributed by atoms with Crippen molar-refractivity contribution < 1.29 is 19.1 Å². The quantitative estimate of drug-likeness (QED) is 0.593. The first-order chi connectivity index (χ1) is 13.2. The second-order valence-corrected chi connectivity index (χ2v) is 7.08. The number of hydrogen-bond donors (Lipinski definition) is 1. The van der Waals surface area contributed by atoms with E-state index < -0.39 is 6.09 Å². The van der Waals surface area contributed by atoms with Crippen LogP contribution in [0.2, 0.25) is 0 Å². The molecule has 1 aliphatic rings. The zero-order chi connectivity index (χ0) is 19.0. The largest absolute Gasteiger partial charge is 0.427 e. The average Bonchev–Trinajstić information content (AvgIpc) is 2.69. The number of amides is 1. The van der Waals surface area contributed by atoms with Crippen LogP contribution in [0.5, 0.6) is 11.5 Å². The van der Waals surface area contributed by atoms with Crippen LogP contribution in [-0.2, 0) is 4.79 Å². The van der Waals surface area contributed by atoms with Gasteiger partial charge in [0.15, 0.2) is 0 Å². The molecule has 2 aromatic carbocycles. The van der Waals surface area contributed by atoms with Gasteiger partial charge in [0.1, 0.15) is 11.5 Å². The van der Waals surface area contributed by atoms with Crippen LogP contribution in [-0.4, -0.2) is 18.6 Å². The molecule has 0 saturated heterocycles. The average molecular weight is 367 g/mol. The number of hydrogen-bond acceptors (Lipinski definition) is 4. The molecule has 142 valence electrons. The van der Waals surface area contributed by atoms with Gasteiger partial charge < -0.3 is 14.8 Å². The number of carbonyl (C=O) groups is 2. The summed E-state index contributed by atoms with van der Waals surface area (Å²) in [6, 6.07) is 18.0. The van der Waals surface area contributed by atoms with Crippen LogP contribution >= 0.6 is 0 Å². The van der Waals surface area contributed by atoms with Gasteiger partial charge in [-0.25, -0.2) is 4.79 Å². The molecule has 2 aromatic rings. The normalized spacial score (nSPS) is 15.6. The lowest BCUT2D eigenvalue weighted by Crippen LogP contribution is -2.42. The summed E-state index contributed by atoms with van der Waals surface area (Å²) in [6.45, 7) is 0.405. The van der Waals surface area contributed by atoms with Gasteiger partial charge in [0.2, 0.25) is 0 Å².